The third-order valence-corrected chi connectivity index (χ3v) is 7.00. The van der Waals surface area contributed by atoms with E-state index in [4.69, 9.17) is 25.8 Å². The number of hydrogen-bond acceptors (Lipinski definition) is 6. The Morgan fingerprint density at radius 2 is 1.63 bits per heavy atom. The van der Waals surface area contributed by atoms with Gasteiger partial charge in [-0.3, -0.25) is 9.10 Å². The minimum atomic E-state index is -4.11. The summed E-state index contributed by atoms with van der Waals surface area (Å²) in [6.45, 7) is 1.46. The van der Waals surface area contributed by atoms with Crippen LogP contribution in [0.3, 0.4) is 0 Å². The van der Waals surface area contributed by atoms with E-state index in [0.29, 0.717) is 16.5 Å². The summed E-state index contributed by atoms with van der Waals surface area (Å²) in [5, 5.41) is 3.08. The molecule has 0 spiro atoms. The van der Waals surface area contributed by atoms with E-state index >= 15 is 0 Å². The van der Waals surface area contributed by atoms with Crippen LogP contribution in [0.1, 0.15) is 6.92 Å². The minimum absolute atomic E-state index is 0.0331. The summed E-state index contributed by atoms with van der Waals surface area (Å²) in [4.78, 5) is 13.0. The van der Waals surface area contributed by atoms with Crippen molar-refractivity contribution >= 4 is 33.2 Å². The average Bonchev–Trinajstić information content (AvgIpc) is 2.86. The monoisotopic (exact) mass is 518 g/mol. The van der Waals surface area contributed by atoms with Crippen LogP contribution in [0.25, 0.3) is 0 Å². The summed E-state index contributed by atoms with van der Waals surface area (Å²) < 4.78 is 44.2. The van der Waals surface area contributed by atoms with E-state index < -0.39 is 28.5 Å². The fourth-order valence-corrected chi connectivity index (χ4v) is 4.87. The molecule has 0 heterocycles. The lowest BCUT2D eigenvalue weighted by atomic mass is 10.3. The van der Waals surface area contributed by atoms with Crippen molar-refractivity contribution in [2.45, 2.75) is 17.9 Å². The van der Waals surface area contributed by atoms with Crippen molar-refractivity contribution in [1.29, 1.82) is 0 Å². The van der Waals surface area contributed by atoms with Gasteiger partial charge in [0.05, 0.1) is 30.8 Å². The highest BCUT2D eigenvalue weighted by atomic mass is 35.5. The van der Waals surface area contributed by atoms with Crippen molar-refractivity contribution in [3.63, 3.8) is 0 Å². The molecule has 0 aliphatic heterocycles. The predicted molar refractivity (Wildman–Crippen MR) is 135 cm³/mol. The number of nitrogens with one attached hydrogen (secondary N) is 1. The highest BCUT2D eigenvalue weighted by Crippen LogP contribution is 2.34. The van der Waals surface area contributed by atoms with Gasteiger partial charge in [-0.05, 0) is 61.5 Å². The summed E-state index contributed by atoms with van der Waals surface area (Å²) in [5.41, 5.74) is 0.154. The molecule has 1 unspecified atom stereocenters. The predicted octanol–water partition coefficient (Wildman–Crippen LogP) is 4.14. The number of nitrogens with zero attached hydrogens (tertiary/aromatic N) is 1. The zero-order valence-electron chi connectivity index (χ0n) is 19.6. The number of amides is 1. The number of hydrogen-bond donors (Lipinski definition) is 1. The Morgan fingerprint density at radius 3 is 2.26 bits per heavy atom. The Hall–Kier alpha value is -3.43. The lowest BCUT2D eigenvalue weighted by Crippen LogP contribution is -2.45. The third kappa shape index (κ3) is 6.80. The van der Waals surface area contributed by atoms with Crippen LogP contribution < -0.4 is 23.8 Å². The molecule has 0 bridgehead atoms. The average molecular weight is 519 g/mol. The molecule has 186 valence electrons. The molecule has 10 heteroatoms. The van der Waals surface area contributed by atoms with E-state index in [9.17, 15) is 13.2 Å². The summed E-state index contributed by atoms with van der Waals surface area (Å²) in [6.07, 6.45) is 0. The van der Waals surface area contributed by atoms with E-state index in [2.05, 4.69) is 5.32 Å². The lowest BCUT2D eigenvalue weighted by molar-refractivity contribution is -0.120. The number of anilines is 1. The Kier molecular flexibility index (Phi) is 8.84. The van der Waals surface area contributed by atoms with E-state index in [0.717, 1.165) is 4.31 Å². The molecular weight excluding hydrogens is 492 g/mol. The summed E-state index contributed by atoms with van der Waals surface area (Å²) in [5.74, 6) is 1.06. The highest BCUT2D eigenvalue weighted by Gasteiger charge is 2.30. The molecule has 0 aliphatic carbocycles. The van der Waals surface area contributed by atoms with E-state index in [1.165, 1.54) is 25.3 Å². The van der Waals surface area contributed by atoms with Crippen LogP contribution in [-0.2, 0) is 14.8 Å². The third-order valence-electron chi connectivity index (χ3n) is 4.99. The zero-order chi connectivity index (χ0) is 25.4. The summed E-state index contributed by atoms with van der Waals surface area (Å²) in [6, 6.07) is 19.1. The van der Waals surface area contributed by atoms with Crippen molar-refractivity contribution in [3.8, 4) is 17.2 Å². The fourth-order valence-electron chi connectivity index (χ4n) is 3.26. The number of sulfonamides is 1. The van der Waals surface area contributed by atoms with Crippen LogP contribution >= 0.6 is 11.6 Å². The summed E-state index contributed by atoms with van der Waals surface area (Å²) in [7, 11) is -1.11. The van der Waals surface area contributed by atoms with Gasteiger partial charge in [0, 0.05) is 5.02 Å². The normalized spacial score (nSPS) is 11.9. The molecule has 0 aromatic heterocycles. The van der Waals surface area contributed by atoms with Gasteiger partial charge < -0.3 is 19.5 Å². The first-order valence-electron chi connectivity index (χ1n) is 10.7. The van der Waals surface area contributed by atoms with E-state index in [-0.39, 0.29) is 22.9 Å². The van der Waals surface area contributed by atoms with Gasteiger partial charge in [-0.25, -0.2) is 8.42 Å². The number of benzene rings is 3. The van der Waals surface area contributed by atoms with Gasteiger partial charge in [-0.2, -0.15) is 0 Å². The Labute approximate surface area is 210 Å². The van der Waals surface area contributed by atoms with Gasteiger partial charge >= 0.3 is 0 Å². The Morgan fingerprint density at radius 1 is 0.971 bits per heavy atom. The molecule has 35 heavy (non-hydrogen) atoms. The maximum atomic E-state index is 13.5. The standard InChI is InChI=1S/C25H27ClN2O6S/c1-18(17-34-21-12-10-20(32-2)11-13-21)27-25(29)16-28(23-15-19(26)9-14-24(23)33-3)35(30,31)22-7-5-4-6-8-22/h4-15,18H,16-17H2,1-3H3,(H,27,29). The molecule has 3 aromatic rings. The van der Waals surface area contributed by atoms with Gasteiger partial charge in [0.15, 0.2) is 0 Å². The fraction of sp³-hybridized carbons (Fsp3) is 0.240. The molecule has 0 saturated carbocycles. The number of ether oxygens (including phenoxy) is 3. The smallest absolute Gasteiger partial charge is 0.264 e. The van der Waals surface area contributed by atoms with Gasteiger partial charge in [0.1, 0.15) is 30.4 Å². The second-order valence-electron chi connectivity index (χ2n) is 7.60. The molecule has 0 radical (unpaired) electrons. The van der Waals surface area contributed by atoms with Crippen LogP contribution in [0.15, 0.2) is 77.7 Å². The van der Waals surface area contributed by atoms with Crippen molar-refractivity contribution in [1.82, 2.24) is 5.32 Å². The first-order valence-corrected chi connectivity index (χ1v) is 12.5. The quantitative estimate of drug-likeness (QED) is 0.410. The van der Waals surface area contributed by atoms with Crippen molar-refractivity contribution in [2.24, 2.45) is 0 Å². The topological polar surface area (TPSA) is 94.2 Å². The molecule has 8 nitrogen and oxygen atoms in total. The number of rotatable bonds is 11. The molecule has 3 rings (SSSR count). The second-order valence-corrected chi connectivity index (χ2v) is 9.89. The number of halogens is 1. The molecule has 3 aromatic carbocycles. The van der Waals surface area contributed by atoms with E-state index in [1.807, 2.05) is 0 Å². The van der Waals surface area contributed by atoms with Crippen LogP contribution in [0.5, 0.6) is 17.2 Å². The van der Waals surface area contributed by atoms with Gasteiger partial charge in [-0.1, -0.05) is 29.8 Å². The lowest BCUT2D eigenvalue weighted by Gasteiger charge is -2.26. The second kappa shape index (κ2) is 11.8. The van der Waals surface area contributed by atoms with Crippen LogP contribution in [0.4, 0.5) is 5.69 Å². The first-order chi connectivity index (χ1) is 16.7. The van der Waals surface area contributed by atoms with Crippen molar-refractivity contribution in [2.75, 3.05) is 31.7 Å². The van der Waals surface area contributed by atoms with Crippen LogP contribution in [-0.4, -0.2) is 47.7 Å². The number of methoxy groups -OCH3 is 2. The number of carbonyl (C=O) groups excluding carboxylic acids is 1. The summed E-state index contributed by atoms with van der Waals surface area (Å²) >= 11 is 6.15. The van der Waals surface area contributed by atoms with E-state index in [1.54, 1.807) is 68.6 Å². The molecule has 1 N–H and O–H groups in total. The maximum Gasteiger partial charge on any atom is 0.264 e. The van der Waals surface area contributed by atoms with Gasteiger partial charge in [-0.15, -0.1) is 0 Å². The SMILES string of the molecule is COc1ccc(OCC(C)NC(=O)CN(c2cc(Cl)ccc2OC)S(=O)(=O)c2ccccc2)cc1. The molecule has 0 fully saturated rings. The maximum absolute atomic E-state index is 13.5. The minimum Gasteiger partial charge on any atom is -0.497 e. The highest BCUT2D eigenvalue weighted by molar-refractivity contribution is 7.92. The van der Waals surface area contributed by atoms with Crippen LogP contribution in [0.2, 0.25) is 5.02 Å². The number of carbonyl (C=O) groups is 1. The largest absolute Gasteiger partial charge is 0.497 e. The molecule has 0 aliphatic rings. The zero-order valence-corrected chi connectivity index (χ0v) is 21.2. The van der Waals surface area contributed by atoms with Gasteiger partial charge in [0.25, 0.3) is 10.0 Å². The molecule has 1 amide bonds. The van der Waals surface area contributed by atoms with Crippen LogP contribution in [0, 0.1) is 0 Å². The first kappa shape index (κ1) is 26.2. The van der Waals surface area contributed by atoms with Crippen molar-refractivity contribution < 1.29 is 27.4 Å². The Balaban J connectivity index is 1.78. The van der Waals surface area contributed by atoms with Gasteiger partial charge in [0.2, 0.25) is 5.91 Å². The van der Waals surface area contributed by atoms with Crippen molar-refractivity contribution in [3.05, 3.63) is 77.8 Å². The Bertz CT molecular complexity index is 1240. The molecular formula is C25H27ClN2O6S. The molecule has 1 atom stereocenters. The molecule has 0 saturated heterocycles.